The Balaban J connectivity index is 0.000000208. The molecule has 0 saturated carbocycles. The van der Waals surface area contributed by atoms with Crippen molar-refractivity contribution in [3.63, 3.8) is 0 Å². The minimum Gasteiger partial charge on any atom is -0.496 e. The van der Waals surface area contributed by atoms with Gasteiger partial charge in [0, 0.05) is 28.8 Å². The van der Waals surface area contributed by atoms with Crippen molar-refractivity contribution in [3.8, 4) is 50.4 Å². The fourth-order valence-corrected chi connectivity index (χ4v) is 9.09. The molecule has 0 spiro atoms. The summed E-state index contributed by atoms with van der Waals surface area (Å²) in [5.74, 6) is 1.01. The van der Waals surface area contributed by atoms with Gasteiger partial charge in [-0.15, -0.1) is 0 Å². The Morgan fingerprint density at radius 2 is 1.07 bits per heavy atom. The SMILES string of the molecule is C/C=C(/C)c1cc(C(C)(C)C)cc(C(C)(C)C)c1OC.CCc1c(C)cccc1-c1cc(C(C)(C)C)cc(-c2cc(-c3ccccc3)cc[nH+]2)c1C.CCc1ccc(C(C)(C)C)cc1-c1ccccc1. The Kier molecular flexibility index (Phi) is 17.9. The maximum absolute atomic E-state index is 5.75. The normalized spacial score (nSPS) is 12.1. The standard InChI is InChI=1S/C31H33N.C19H30O.C18H22/c1-7-26-21(2)12-11-15-27(26)28-19-25(31(4,5)6)20-29(22(28)3)30-18-24(16-17-32-30)23-13-9-8-10-14-23;1-10-13(2)15-11-14(18(3,4)5)12-16(17(15)20-9)19(6,7)8;1-5-14-11-12-16(18(2,3)4)13-17(14)15-9-7-6-8-10-15/h8-20H,7H2,1-6H3;10-12H,1-9H3;6-13H,5H2,1-4H3/p+1/b;13-10-;. The lowest BCUT2D eigenvalue weighted by Crippen LogP contribution is -2.18. The quantitative estimate of drug-likeness (QED) is 0.149. The summed E-state index contributed by atoms with van der Waals surface area (Å²) >= 11 is 0. The molecule has 7 aromatic rings. The third-order valence-corrected chi connectivity index (χ3v) is 13.8. The molecule has 2 nitrogen and oxygen atoms in total. The molecule has 368 valence electrons. The van der Waals surface area contributed by atoms with Crippen LogP contribution in [0, 0.1) is 13.8 Å². The molecule has 6 aromatic carbocycles. The van der Waals surface area contributed by atoms with E-state index in [-0.39, 0.29) is 21.7 Å². The summed E-state index contributed by atoms with van der Waals surface area (Å²) in [7, 11) is 1.77. The van der Waals surface area contributed by atoms with Gasteiger partial charge in [-0.2, -0.15) is 0 Å². The molecule has 1 N–H and O–H groups in total. The number of aryl methyl sites for hydroxylation is 2. The first-order valence-electron chi connectivity index (χ1n) is 25.7. The first-order valence-corrected chi connectivity index (χ1v) is 25.7. The Labute approximate surface area is 425 Å². The molecule has 1 aromatic heterocycles. The van der Waals surface area contributed by atoms with Gasteiger partial charge in [0.25, 0.3) is 0 Å². The third kappa shape index (κ3) is 13.4. The molecule has 70 heavy (non-hydrogen) atoms. The average Bonchev–Trinajstić information content (AvgIpc) is 3.32. The number of nitrogens with one attached hydrogen (secondary N) is 1. The number of aromatic amines is 1. The average molecular weight is 933 g/mol. The second-order valence-corrected chi connectivity index (χ2v) is 23.2. The van der Waals surface area contributed by atoms with Gasteiger partial charge in [-0.05, 0) is 152 Å². The number of pyridine rings is 1. The van der Waals surface area contributed by atoms with Gasteiger partial charge in [-0.1, -0.05) is 212 Å². The van der Waals surface area contributed by atoms with E-state index in [0.29, 0.717) is 0 Å². The Morgan fingerprint density at radius 3 is 1.60 bits per heavy atom. The van der Waals surface area contributed by atoms with Crippen molar-refractivity contribution in [2.75, 3.05) is 7.11 Å². The van der Waals surface area contributed by atoms with E-state index in [9.17, 15) is 0 Å². The smallest absolute Gasteiger partial charge is 0.211 e. The van der Waals surface area contributed by atoms with Crippen LogP contribution in [-0.2, 0) is 34.5 Å². The van der Waals surface area contributed by atoms with E-state index in [2.05, 4.69) is 275 Å². The molecule has 0 atom stereocenters. The molecule has 0 amide bonds. The molecule has 0 fully saturated rings. The van der Waals surface area contributed by atoms with Crippen molar-refractivity contribution < 1.29 is 9.72 Å². The number of methoxy groups -OCH3 is 1. The van der Waals surface area contributed by atoms with Crippen LogP contribution in [0.5, 0.6) is 5.75 Å². The molecule has 1 heterocycles. The second kappa shape index (κ2) is 22.8. The predicted octanol–water partition coefficient (Wildman–Crippen LogP) is 18.9. The van der Waals surface area contributed by atoms with Gasteiger partial charge in [-0.3, -0.25) is 0 Å². The van der Waals surface area contributed by atoms with E-state index in [1.807, 2.05) is 0 Å². The number of allylic oxidation sites excluding steroid dienone is 2. The lowest BCUT2D eigenvalue weighted by atomic mass is 9.78. The monoisotopic (exact) mass is 933 g/mol. The predicted molar refractivity (Wildman–Crippen MR) is 307 cm³/mol. The van der Waals surface area contributed by atoms with Crippen LogP contribution in [-0.4, -0.2) is 7.11 Å². The number of hydrogen-bond acceptors (Lipinski definition) is 1. The van der Waals surface area contributed by atoms with Crippen molar-refractivity contribution in [2.45, 2.75) is 159 Å². The van der Waals surface area contributed by atoms with Crippen molar-refractivity contribution in [1.29, 1.82) is 0 Å². The molecule has 0 unspecified atom stereocenters. The summed E-state index contributed by atoms with van der Waals surface area (Å²) < 4.78 is 5.75. The summed E-state index contributed by atoms with van der Waals surface area (Å²) in [6.07, 6.45) is 6.32. The van der Waals surface area contributed by atoms with Crippen LogP contribution in [0.4, 0.5) is 0 Å². The van der Waals surface area contributed by atoms with Gasteiger partial charge in [0.2, 0.25) is 5.69 Å². The van der Waals surface area contributed by atoms with Gasteiger partial charge in [0.1, 0.15) is 5.75 Å². The molecule has 0 aliphatic carbocycles. The lowest BCUT2D eigenvalue weighted by molar-refractivity contribution is -0.364. The molecule has 7 rings (SSSR count). The fourth-order valence-electron chi connectivity index (χ4n) is 9.09. The number of benzene rings is 6. The summed E-state index contributed by atoms with van der Waals surface area (Å²) in [6, 6.07) is 48.7. The Bertz CT molecular complexity index is 2870. The van der Waals surface area contributed by atoms with Crippen LogP contribution in [0.3, 0.4) is 0 Å². The first-order chi connectivity index (χ1) is 32.8. The minimum atomic E-state index is 0.0600. The number of aromatic nitrogens is 1. The maximum Gasteiger partial charge on any atom is 0.211 e. The van der Waals surface area contributed by atoms with E-state index in [0.717, 1.165) is 24.3 Å². The highest BCUT2D eigenvalue weighted by molar-refractivity contribution is 5.81. The largest absolute Gasteiger partial charge is 0.496 e. The van der Waals surface area contributed by atoms with Gasteiger partial charge in [-0.25, -0.2) is 4.98 Å². The molecular formula is C68H86NO+. The number of ether oxygens (including phenoxy) is 1. The van der Waals surface area contributed by atoms with Gasteiger partial charge in [0.05, 0.1) is 7.11 Å². The zero-order chi connectivity index (χ0) is 51.8. The highest BCUT2D eigenvalue weighted by Crippen LogP contribution is 2.42. The lowest BCUT2D eigenvalue weighted by Gasteiger charge is -2.29. The maximum atomic E-state index is 5.75. The minimum absolute atomic E-state index is 0.0600. The second-order valence-electron chi connectivity index (χ2n) is 23.2. The van der Waals surface area contributed by atoms with E-state index in [1.54, 1.807) is 7.11 Å². The van der Waals surface area contributed by atoms with Gasteiger partial charge in [0.15, 0.2) is 6.20 Å². The molecule has 0 saturated heterocycles. The summed E-state index contributed by atoms with van der Waals surface area (Å²) in [5.41, 5.74) is 24.2. The van der Waals surface area contributed by atoms with E-state index < -0.39 is 0 Å². The van der Waals surface area contributed by atoms with Crippen LogP contribution in [0.1, 0.15) is 161 Å². The first kappa shape index (κ1) is 54.9. The van der Waals surface area contributed by atoms with E-state index in [1.165, 1.54) is 94.6 Å². The van der Waals surface area contributed by atoms with Gasteiger partial charge < -0.3 is 4.74 Å². The Hall–Kier alpha value is -5.99. The van der Waals surface area contributed by atoms with Crippen LogP contribution < -0.4 is 9.72 Å². The molecular weight excluding hydrogens is 847 g/mol. The third-order valence-electron chi connectivity index (χ3n) is 13.8. The van der Waals surface area contributed by atoms with Gasteiger partial charge >= 0.3 is 0 Å². The highest BCUT2D eigenvalue weighted by Gasteiger charge is 2.27. The summed E-state index contributed by atoms with van der Waals surface area (Å²) in [5, 5.41) is 0. The van der Waals surface area contributed by atoms with Crippen molar-refractivity contribution >= 4 is 5.57 Å². The summed E-state index contributed by atoms with van der Waals surface area (Å²) in [6.45, 7) is 40.4. The van der Waals surface area contributed by atoms with Crippen molar-refractivity contribution in [3.05, 3.63) is 196 Å². The number of rotatable bonds is 8. The summed E-state index contributed by atoms with van der Waals surface area (Å²) in [4.78, 5) is 3.53. The van der Waals surface area contributed by atoms with Crippen LogP contribution in [0.15, 0.2) is 146 Å². The van der Waals surface area contributed by atoms with Crippen LogP contribution >= 0.6 is 0 Å². The number of hydrogen-bond donors (Lipinski definition) is 0. The molecule has 2 heteroatoms. The highest BCUT2D eigenvalue weighted by atomic mass is 16.5. The van der Waals surface area contributed by atoms with Crippen LogP contribution in [0.25, 0.3) is 50.2 Å². The molecule has 0 radical (unpaired) electrons. The van der Waals surface area contributed by atoms with E-state index >= 15 is 0 Å². The van der Waals surface area contributed by atoms with Crippen LogP contribution in [0.2, 0.25) is 0 Å². The van der Waals surface area contributed by atoms with Crippen molar-refractivity contribution in [2.24, 2.45) is 0 Å². The topological polar surface area (TPSA) is 23.4 Å². The van der Waals surface area contributed by atoms with Crippen molar-refractivity contribution in [1.82, 2.24) is 0 Å². The number of H-pyrrole nitrogens is 1. The van der Waals surface area contributed by atoms with E-state index in [4.69, 9.17) is 4.74 Å². The zero-order valence-corrected chi connectivity index (χ0v) is 46.7. The zero-order valence-electron chi connectivity index (χ0n) is 46.7. The molecule has 0 aliphatic rings. The Morgan fingerprint density at radius 1 is 0.514 bits per heavy atom. The molecule has 0 aliphatic heterocycles. The molecule has 0 bridgehead atoms. The fraction of sp³-hybridized carbons (Fsp3) is 0.368.